The van der Waals surface area contributed by atoms with E-state index in [1.807, 2.05) is 36.4 Å². The molecule has 0 aliphatic carbocycles. The van der Waals surface area contributed by atoms with E-state index in [2.05, 4.69) is 44.3 Å². The van der Waals surface area contributed by atoms with Crippen molar-refractivity contribution in [1.29, 1.82) is 0 Å². The number of halogens is 1. The Bertz CT molecular complexity index is 1620. The van der Waals surface area contributed by atoms with E-state index in [0.29, 0.717) is 47.6 Å². The molecule has 1 aliphatic heterocycles. The number of aromatic nitrogens is 3. The summed E-state index contributed by atoms with van der Waals surface area (Å²) in [6.45, 7) is 7.99. The number of hydrogen-bond acceptors (Lipinski definition) is 8. The molecular weight excluding hydrogens is 592 g/mol. The Morgan fingerprint density at radius 3 is 2.58 bits per heavy atom. The first kappa shape index (κ1) is 31.7. The topological polar surface area (TPSA) is 116 Å². The van der Waals surface area contributed by atoms with Crippen LogP contribution in [0.25, 0.3) is 0 Å². The molecule has 0 fully saturated rings. The molecule has 3 heterocycles. The minimum absolute atomic E-state index is 0.148. The number of amides is 3. The lowest BCUT2D eigenvalue weighted by Gasteiger charge is -2.34. The number of fused-ring (bicyclic) bond motifs is 1. The Kier molecular flexibility index (Phi) is 10.4. The Morgan fingerprint density at radius 2 is 1.84 bits per heavy atom. The zero-order chi connectivity index (χ0) is 31.8. The molecule has 5 rings (SSSR count). The summed E-state index contributed by atoms with van der Waals surface area (Å²) in [6, 6.07) is 16.2. The van der Waals surface area contributed by atoms with Gasteiger partial charge in [-0.25, -0.2) is 9.78 Å². The molecule has 4 aromatic rings. The lowest BCUT2D eigenvalue weighted by Crippen LogP contribution is -2.46. The SMILES string of the molecule is CCN(CC)CCOc1ccc(Nc2ncc3c(n2)N(C)C(=O)N(c2cc(NC(=O)CCc4cccnc4)ccc2Cl)C3)cc1. The van der Waals surface area contributed by atoms with Crippen LogP contribution in [0, 0.1) is 0 Å². The summed E-state index contributed by atoms with van der Waals surface area (Å²) in [5, 5.41) is 6.49. The molecule has 3 amide bonds. The summed E-state index contributed by atoms with van der Waals surface area (Å²) in [5.74, 6) is 1.51. The maximum atomic E-state index is 13.5. The predicted octanol–water partition coefficient (Wildman–Crippen LogP) is 6.14. The lowest BCUT2D eigenvalue weighted by atomic mass is 10.1. The fourth-order valence-corrected chi connectivity index (χ4v) is 5.20. The van der Waals surface area contributed by atoms with Crippen LogP contribution in [-0.4, -0.2) is 65.1 Å². The van der Waals surface area contributed by atoms with Crippen molar-refractivity contribution in [2.75, 3.05) is 53.7 Å². The normalized spacial score (nSPS) is 12.7. The van der Waals surface area contributed by atoms with Gasteiger partial charge in [-0.1, -0.05) is 31.5 Å². The number of benzene rings is 2. The van der Waals surface area contributed by atoms with Gasteiger partial charge in [0.25, 0.3) is 0 Å². The van der Waals surface area contributed by atoms with Crippen LogP contribution in [-0.2, 0) is 17.8 Å². The first-order chi connectivity index (χ1) is 21.8. The van der Waals surface area contributed by atoms with E-state index in [-0.39, 0.29) is 18.5 Å². The summed E-state index contributed by atoms with van der Waals surface area (Å²) >= 11 is 6.54. The summed E-state index contributed by atoms with van der Waals surface area (Å²) in [5.41, 5.74) is 3.55. The zero-order valence-electron chi connectivity index (χ0n) is 25.7. The van der Waals surface area contributed by atoms with Gasteiger partial charge in [0.15, 0.2) is 0 Å². The highest BCUT2D eigenvalue weighted by molar-refractivity contribution is 6.34. The summed E-state index contributed by atoms with van der Waals surface area (Å²) < 4.78 is 5.87. The number of carbonyl (C=O) groups is 2. The van der Waals surface area contributed by atoms with Gasteiger partial charge in [0.1, 0.15) is 18.2 Å². The van der Waals surface area contributed by atoms with Crippen molar-refractivity contribution < 1.29 is 14.3 Å². The Hall–Kier alpha value is -4.74. The van der Waals surface area contributed by atoms with E-state index in [1.54, 1.807) is 48.7 Å². The number of pyridine rings is 1. The second-order valence-electron chi connectivity index (χ2n) is 10.6. The van der Waals surface area contributed by atoms with Crippen LogP contribution in [0.2, 0.25) is 5.02 Å². The standard InChI is InChI=1S/C33H37ClN8O3/c1-4-41(5-2)17-18-45-27-12-9-25(10-13-27)38-32-36-21-24-22-42(33(44)40(3)31(24)39-32)29-19-26(11-14-28(29)34)37-30(43)15-8-23-7-6-16-35-20-23/h6-7,9-14,16,19-21H,4-5,8,15,17-18,22H2,1-3H3,(H,37,43)(H,36,38,39). The molecule has 0 saturated carbocycles. The van der Waals surface area contributed by atoms with Gasteiger partial charge in [-0.2, -0.15) is 4.98 Å². The van der Waals surface area contributed by atoms with E-state index in [0.717, 1.165) is 42.2 Å². The van der Waals surface area contributed by atoms with Gasteiger partial charge >= 0.3 is 6.03 Å². The molecule has 0 atom stereocenters. The molecule has 0 radical (unpaired) electrons. The lowest BCUT2D eigenvalue weighted by molar-refractivity contribution is -0.116. The quantitative estimate of drug-likeness (QED) is 0.181. The van der Waals surface area contributed by atoms with E-state index in [4.69, 9.17) is 16.3 Å². The number of ether oxygens (including phenoxy) is 1. The molecule has 1 aliphatic rings. The molecule has 234 valence electrons. The van der Waals surface area contributed by atoms with Crippen molar-refractivity contribution in [3.63, 3.8) is 0 Å². The van der Waals surface area contributed by atoms with Crippen LogP contribution < -0.4 is 25.2 Å². The molecule has 0 bridgehead atoms. The largest absolute Gasteiger partial charge is 0.492 e. The van der Waals surface area contributed by atoms with E-state index in [9.17, 15) is 9.59 Å². The maximum absolute atomic E-state index is 13.5. The fourth-order valence-electron chi connectivity index (χ4n) is 4.98. The molecule has 12 heteroatoms. The van der Waals surface area contributed by atoms with Crippen LogP contribution in [0.15, 0.2) is 73.2 Å². The third-order valence-electron chi connectivity index (χ3n) is 7.57. The number of likely N-dealkylation sites (N-methyl/N-ethyl adjacent to an activating group) is 1. The van der Waals surface area contributed by atoms with Crippen molar-refractivity contribution in [2.45, 2.75) is 33.2 Å². The number of aryl methyl sites for hydroxylation is 1. The summed E-state index contributed by atoms with van der Waals surface area (Å²) in [4.78, 5) is 44.7. The second kappa shape index (κ2) is 14.8. The van der Waals surface area contributed by atoms with Gasteiger partial charge in [0.05, 0.1) is 17.3 Å². The third kappa shape index (κ3) is 8.05. The molecule has 11 nitrogen and oxygen atoms in total. The molecule has 2 aromatic carbocycles. The van der Waals surface area contributed by atoms with Gasteiger partial charge < -0.3 is 20.3 Å². The van der Waals surface area contributed by atoms with Crippen LogP contribution in [0.1, 0.15) is 31.4 Å². The third-order valence-corrected chi connectivity index (χ3v) is 7.89. The monoisotopic (exact) mass is 628 g/mol. The number of hydrogen-bond donors (Lipinski definition) is 2. The van der Waals surface area contributed by atoms with Crippen molar-refractivity contribution >= 4 is 52.4 Å². The van der Waals surface area contributed by atoms with Crippen LogP contribution in [0.3, 0.4) is 0 Å². The number of nitrogens with zero attached hydrogens (tertiary/aromatic N) is 6. The van der Waals surface area contributed by atoms with Gasteiger partial charge in [0, 0.05) is 55.5 Å². The van der Waals surface area contributed by atoms with E-state index < -0.39 is 0 Å². The zero-order valence-corrected chi connectivity index (χ0v) is 26.4. The summed E-state index contributed by atoms with van der Waals surface area (Å²) in [7, 11) is 1.66. The smallest absolute Gasteiger partial charge is 0.330 e. The molecule has 0 spiro atoms. The minimum Gasteiger partial charge on any atom is -0.492 e. The van der Waals surface area contributed by atoms with Gasteiger partial charge in [-0.3, -0.25) is 19.6 Å². The van der Waals surface area contributed by atoms with Crippen molar-refractivity contribution in [3.05, 3.63) is 89.3 Å². The Labute approximate surface area is 268 Å². The van der Waals surface area contributed by atoms with Crippen LogP contribution in [0.5, 0.6) is 5.75 Å². The van der Waals surface area contributed by atoms with Gasteiger partial charge in [0.2, 0.25) is 11.9 Å². The molecule has 0 saturated heterocycles. The molecule has 2 aromatic heterocycles. The van der Waals surface area contributed by atoms with Crippen molar-refractivity contribution in [2.24, 2.45) is 0 Å². The average molecular weight is 629 g/mol. The molecule has 0 unspecified atom stereocenters. The Balaban J connectivity index is 1.22. The van der Waals surface area contributed by atoms with Crippen molar-refractivity contribution in [1.82, 2.24) is 19.9 Å². The minimum atomic E-state index is -0.305. The number of anilines is 5. The van der Waals surface area contributed by atoms with Crippen molar-refractivity contribution in [3.8, 4) is 5.75 Å². The highest BCUT2D eigenvalue weighted by atomic mass is 35.5. The van der Waals surface area contributed by atoms with Crippen LogP contribution in [0.4, 0.5) is 33.6 Å². The van der Waals surface area contributed by atoms with Gasteiger partial charge in [-0.15, -0.1) is 0 Å². The fraction of sp³-hybridized carbons (Fsp3) is 0.303. The summed E-state index contributed by atoms with van der Waals surface area (Å²) in [6.07, 6.45) is 6.01. The number of nitrogens with one attached hydrogen (secondary N) is 2. The number of rotatable bonds is 13. The first-order valence-electron chi connectivity index (χ1n) is 15.0. The maximum Gasteiger partial charge on any atom is 0.330 e. The highest BCUT2D eigenvalue weighted by Gasteiger charge is 2.32. The molecule has 2 N–H and O–H groups in total. The molecular formula is C33H37ClN8O3. The predicted molar refractivity (Wildman–Crippen MR) is 178 cm³/mol. The highest BCUT2D eigenvalue weighted by Crippen LogP contribution is 2.35. The van der Waals surface area contributed by atoms with Crippen LogP contribution >= 0.6 is 11.6 Å². The molecule has 45 heavy (non-hydrogen) atoms. The van der Waals surface area contributed by atoms with Gasteiger partial charge in [-0.05, 0) is 73.6 Å². The first-order valence-corrected chi connectivity index (χ1v) is 15.3. The van der Waals surface area contributed by atoms with E-state index >= 15 is 0 Å². The average Bonchev–Trinajstić information content (AvgIpc) is 3.06. The van der Waals surface area contributed by atoms with E-state index in [1.165, 1.54) is 4.90 Å². The number of carbonyl (C=O) groups excluding carboxylic acids is 2. The Morgan fingerprint density at radius 1 is 1.07 bits per heavy atom. The number of urea groups is 1. The second-order valence-corrected chi connectivity index (χ2v) is 11.0.